The Morgan fingerprint density at radius 3 is 2.52 bits per heavy atom. The molecule has 0 radical (unpaired) electrons. The average molecular weight is 363 g/mol. The van der Waals surface area contributed by atoms with Crippen LogP contribution >= 0.6 is 11.6 Å². The summed E-state index contributed by atoms with van der Waals surface area (Å²) in [5, 5.41) is 14.3. The number of nitrogens with one attached hydrogen (secondary N) is 1. The van der Waals surface area contributed by atoms with Gasteiger partial charge >= 0.3 is 0 Å². The maximum Gasteiger partial charge on any atom is 0.273 e. The highest BCUT2D eigenvalue weighted by molar-refractivity contribution is 6.30. The molecule has 0 fully saturated rings. The molecule has 7 heteroatoms. The summed E-state index contributed by atoms with van der Waals surface area (Å²) in [5.41, 5.74) is 0.863. The number of rotatable bonds is 7. The number of nitrogens with zero attached hydrogens (tertiary/aromatic N) is 1. The summed E-state index contributed by atoms with van der Waals surface area (Å²) in [4.78, 5) is 22.4. The molecule has 0 saturated heterocycles. The van der Waals surface area contributed by atoms with Crippen LogP contribution in [0.4, 0.5) is 5.69 Å². The summed E-state index contributed by atoms with van der Waals surface area (Å²) in [6, 6.07) is 12.8. The lowest BCUT2D eigenvalue weighted by Gasteiger charge is -2.23. The van der Waals surface area contributed by atoms with Crippen molar-refractivity contribution >= 4 is 23.2 Å². The number of benzene rings is 2. The SMILES string of the molecule is CC(C)C(NC(=O)COc1cccc([N+](=O)[O-])c1)c1ccc(Cl)cc1. The van der Waals surface area contributed by atoms with E-state index in [1.165, 1.54) is 18.2 Å². The first-order chi connectivity index (χ1) is 11.9. The van der Waals surface area contributed by atoms with E-state index in [0.29, 0.717) is 5.02 Å². The highest BCUT2D eigenvalue weighted by atomic mass is 35.5. The van der Waals surface area contributed by atoms with E-state index in [9.17, 15) is 14.9 Å². The molecule has 1 amide bonds. The molecule has 1 unspecified atom stereocenters. The maximum atomic E-state index is 12.2. The average Bonchev–Trinajstić information content (AvgIpc) is 2.59. The maximum absolute atomic E-state index is 12.2. The molecule has 0 bridgehead atoms. The van der Waals surface area contributed by atoms with Gasteiger partial charge in [0.25, 0.3) is 11.6 Å². The van der Waals surface area contributed by atoms with E-state index in [4.69, 9.17) is 16.3 Å². The van der Waals surface area contributed by atoms with Crippen molar-refractivity contribution in [2.75, 3.05) is 6.61 Å². The molecule has 0 spiro atoms. The Morgan fingerprint density at radius 1 is 1.24 bits per heavy atom. The molecule has 6 nitrogen and oxygen atoms in total. The van der Waals surface area contributed by atoms with Crippen molar-refractivity contribution in [3.8, 4) is 5.75 Å². The standard InChI is InChI=1S/C18H19ClN2O4/c1-12(2)18(13-6-8-14(19)9-7-13)20-17(22)11-25-16-5-3-4-15(10-16)21(23)24/h3-10,12,18H,11H2,1-2H3,(H,20,22). The van der Waals surface area contributed by atoms with Crippen LogP contribution in [-0.4, -0.2) is 17.4 Å². The minimum Gasteiger partial charge on any atom is -0.484 e. The number of nitro benzene ring substituents is 1. The first kappa shape index (κ1) is 18.7. The number of halogens is 1. The Hall–Kier alpha value is -2.60. The molecule has 1 atom stereocenters. The van der Waals surface area contributed by atoms with Gasteiger partial charge in [-0.25, -0.2) is 0 Å². The topological polar surface area (TPSA) is 81.5 Å². The summed E-state index contributed by atoms with van der Waals surface area (Å²) in [5.74, 6) is 0.139. The third-order valence-corrected chi connectivity index (χ3v) is 3.86. The van der Waals surface area contributed by atoms with Crippen molar-refractivity contribution < 1.29 is 14.5 Å². The highest BCUT2D eigenvalue weighted by Crippen LogP contribution is 2.23. The summed E-state index contributed by atoms with van der Waals surface area (Å²) in [7, 11) is 0. The van der Waals surface area contributed by atoms with E-state index in [2.05, 4.69) is 5.32 Å². The molecule has 0 saturated carbocycles. The van der Waals surface area contributed by atoms with Gasteiger partial charge in [0.2, 0.25) is 0 Å². The smallest absolute Gasteiger partial charge is 0.273 e. The second kappa shape index (κ2) is 8.48. The van der Waals surface area contributed by atoms with E-state index in [1.807, 2.05) is 26.0 Å². The molecular weight excluding hydrogens is 344 g/mol. The van der Waals surface area contributed by atoms with Gasteiger partial charge in [-0.2, -0.15) is 0 Å². The van der Waals surface area contributed by atoms with Gasteiger partial charge in [-0.05, 0) is 29.7 Å². The molecular formula is C18H19ClN2O4. The lowest BCUT2D eigenvalue weighted by atomic mass is 9.96. The molecule has 2 aromatic carbocycles. The number of non-ortho nitro benzene ring substituents is 1. The predicted octanol–water partition coefficient (Wildman–Crippen LogP) is 4.14. The van der Waals surface area contributed by atoms with Gasteiger partial charge in [0, 0.05) is 11.1 Å². The molecule has 0 aliphatic carbocycles. The zero-order valence-corrected chi connectivity index (χ0v) is 14.7. The minimum absolute atomic E-state index is 0.0841. The summed E-state index contributed by atoms with van der Waals surface area (Å²) in [6.07, 6.45) is 0. The van der Waals surface area contributed by atoms with Crippen molar-refractivity contribution in [1.82, 2.24) is 5.32 Å². The fourth-order valence-electron chi connectivity index (χ4n) is 2.36. The van der Waals surface area contributed by atoms with Crippen LogP contribution in [0, 0.1) is 16.0 Å². The fourth-order valence-corrected chi connectivity index (χ4v) is 2.48. The van der Waals surface area contributed by atoms with Crippen LogP contribution in [0.1, 0.15) is 25.5 Å². The molecule has 0 aromatic heterocycles. The van der Waals surface area contributed by atoms with Crippen LogP contribution in [0.2, 0.25) is 5.02 Å². The molecule has 2 rings (SSSR count). The number of carbonyl (C=O) groups excluding carboxylic acids is 1. The number of nitro groups is 1. The quantitative estimate of drug-likeness (QED) is 0.592. The van der Waals surface area contributed by atoms with E-state index < -0.39 is 4.92 Å². The Labute approximate surface area is 150 Å². The number of amides is 1. The summed E-state index contributed by atoms with van der Waals surface area (Å²) < 4.78 is 5.36. The van der Waals surface area contributed by atoms with Gasteiger partial charge in [0.15, 0.2) is 6.61 Å². The second-order valence-corrected chi connectivity index (χ2v) is 6.32. The molecule has 1 N–H and O–H groups in total. The predicted molar refractivity (Wildman–Crippen MR) is 95.8 cm³/mol. The van der Waals surface area contributed by atoms with E-state index in [1.54, 1.807) is 18.2 Å². The highest BCUT2D eigenvalue weighted by Gasteiger charge is 2.18. The van der Waals surface area contributed by atoms with Crippen molar-refractivity contribution in [3.63, 3.8) is 0 Å². The number of hydrogen-bond donors (Lipinski definition) is 1. The lowest BCUT2D eigenvalue weighted by molar-refractivity contribution is -0.384. The van der Waals surface area contributed by atoms with Gasteiger partial charge in [-0.1, -0.05) is 43.6 Å². The van der Waals surface area contributed by atoms with Crippen molar-refractivity contribution in [2.45, 2.75) is 19.9 Å². The van der Waals surface area contributed by atoms with Crippen molar-refractivity contribution in [3.05, 3.63) is 69.2 Å². The molecule has 0 heterocycles. The normalized spacial score (nSPS) is 11.8. The third-order valence-electron chi connectivity index (χ3n) is 3.61. The van der Waals surface area contributed by atoms with Gasteiger partial charge < -0.3 is 10.1 Å². The summed E-state index contributed by atoms with van der Waals surface area (Å²) >= 11 is 5.90. The minimum atomic E-state index is -0.512. The molecule has 25 heavy (non-hydrogen) atoms. The molecule has 0 aliphatic rings. The van der Waals surface area contributed by atoms with Crippen LogP contribution in [0.15, 0.2) is 48.5 Å². The second-order valence-electron chi connectivity index (χ2n) is 5.88. The zero-order chi connectivity index (χ0) is 18.4. The van der Waals surface area contributed by atoms with Crippen LogP contribution in [-0.2, 0) is 4.79 Å². The lowest BCUT2D eigenvalue weighted by Crippen LogP contribution is -2.35. The Balaban J connectivity index is 1.98. The molecule has 0 aliphatic heterocycles. The number of hydrogen-bond acceptors (Lipinski definition) is 4. The first-order valence-corrected chi connectivity index (χ1v) is 8.16. The van der Waals surface area contributed by atoms with Crippen molar-refractivity contribution in [1.29, 1.82) is 0 Å². The van der Waals surface area contributed by atoms with E-state index in [-0.39, 0.29) is 35.9 Å². The zero-order valence-electron chi connectivity index (χ0n) is 13.9. The van der Waals surface area contributed by atoms with Crippen LogP contribution in [0.25, 0.3) is 0 Å². The molecule has 2 aromatic rings. The monoisotopic (exact) mass is 362 g/mol. The van der Waals surface area contributed by atoms with Crippen molar-refractivity contribution in [2.24, 2.45) is 5.92 Å². The first-order valence-electron chi connectivity index (χ1n) is 7.79. The summed E-state index contributed by atoms with van der Waals surface area (Å²) in [6.45, 7) is 3.78. The van der Waals surface area contributed by atoms with Crippen LogP contribution in [0.3, 0.4) is 0 Å². The Morgan fingerprint density at radius 2 is 1.92 bits per heavy atom. The number of carbonyl (C=O) groups is 1. The molecule has 132 valence electrons. The van der Waals surface area contributed by atoms with E-state index in [0.717, 1.165) is 5.56 Å². The van der Waals surface area contributed by atoms with Gasteiger partial charge in [-0.15, -0.1) is 0 Å². The number of ether oxygens (including phenoxy) is 1. The third kappa shape index (κ3) is 5.46. The largest absolute Gasteiger partial charge is 0.484 e. The van der Waals surface area contributed by atoms with Crippen LogP contribution in [0.5, 0.6) is 5.75 Å². The van der Waals surface area contributed by atoms with Gasteiger partial charge in [0.1, 0.15) is 5.75 Å². The Bertz CT molecular complexity index is 747. The van der Waals surface area contributed by atoms with Gasteiger partial charge in [0.05, 0.1) is 17.0 Å². The van der Waals surface area contributed by atoms with E-state index >= 15 is 0 Å². The Kier molecular flexibility index (Phi) is 6.36. The fraction of sp³-hybridized carbons (Fsp3) is 0.278. The van der Waals surface area contributed by atoms with Gasteiger partial charge in [-0.3, -0.25) is 14.9 Å². The van der Waals surface area contributed by atoms with Crippen LogP contribution < -0.4 is 10.1 Å².